The molecule has 1 aromatic carbocycles. The van der Waals surface area contributed by atoms with E-state index in [-0.39, 0.29) is 0 Å². The van der Waals surface area contributed by atoms with Gasteiger partial charge in [0.25, 0.3) is 0 Å². The lowest BCUT2D eigenvalue weighted by molar-refractivity contribution is 0.170. The van der Waals surface area contributed by atoms with Gasteiger partial charge in [-0.05, 0) is 31.2 Å². The molecule has 21 heavy (non-hydrogen) atoms. The van der Waals surface area contributed by atoms with Gasteiger partial charge in [-0.25, -0.2) is 0 Å². The van der Waals surface area contributed by atoms with Crippen molar-refractivity contribution in [3.05, 3.63) is 29.8 Å². The molecule has 0 spiro atoms. The minimum Gasteiger partial charge on any atom is -0.492 e. The van der Waals surface area contributed by atoms with Crippen molar-refractivity contribution in [2.45, 2.75) is 38.6 Å². The molecule has 1 fully saturated rings. The van der Waals surface area contributed by atoms with E-state index in [1.54, 1.807) is 0 Å². The molecule has 0 radical (unpaired) electrons. The second-order valence-corrected chi connectivity index (χ2v) is 7.11. The fraction of sp³-hybridized carbons (Fsp3) is 0.647. The molecular weight excluding hydrogens is 280 g/mol. The molecule has 0 saturated carbocycles. The Morgan fingerprint density at radius 1 is 1.38 bits per heavy atom. The molecule has 1 aromatic rings. The standard InChI is InChI=1S/C17H28N2OS/c1-4-18-13-16-6-5-7-17(12-16)20-10-8-19-9-11-21-15(3)14(19)2/h5-7,12,14-15,18H,4,8-11,13H2,1-3H3. The maximum absolute atomic E-state index is 5.94. The number of benzene rings is 1. The molecule has 0 amide bonds. The molecule has 0 aliphatic carbocycles. The quantitative estimate of drug-likeness (QED) is 0.837. The number of thioether (sulfide) groups is 1. The summed E-state index contributed by atoms with van der Waals surface area (Å²) in [6.45, 7) is 11.6. The summed E-state index contributed by atoms with van der Waals surface area (Å²) in [5.74, 6) is 2.22. The van der Waals surface area contributed by atoms with Crippen LogP contribution in [0, 0.1) is 0 Å². The van der Waals surface area contributed by atoms with Gasteiger partial charge in [-0.1, -0.05) is 26.0 Å². The van der Waals surface area contributed by atoms with Crippen LogP contribution in [0.2, 0.25) is 0 Å². The Morgan fingerprint density at radius 3 is 3.05 bits per heavy atom. The molecule has 1 heterocycles. The molecule has 1 saturated heterocycles. The topological polar surface area (TPSA) is 24.5 Å². The number of ether oxygens (including phenoxy) is 1. The molecule has 3 nitrogen and oxygen atoms in total. The van der Waals surface area contributed by atoms with Crippen molar-refractivity contribution in [2.75, 3.05) is 32.0 Å². The van der Waals surface area contributed by atoms with Crippen LogP contribution in [0.4, 0.5) is 0 Å². The summed E-state index contributed by atoms with van der Waals surface area (Å²) in [6.07, 6.45) is 0. The third-order valence-electron chi connectivity index (χ3n) is 4.14. The van der Waals surface area contributed by atoms with Crippen LogP contribution in [0.3, 0.4) is 0 Å². The van der Waals surface area contributed by atoms with E-state index < -0.39 is 0 Å². The Balaban J connectivity index is 1.77. The third kappa shape index (κ3) is 5.20. The van der Waals surface area contributed by atoms with Crippen LogP contribution in [0.5, 0.6) is 5.75 Å². The highest BCUT2D eigenvalue weighted by molar-refractivity contribution is 8.00. The average Bonchev–Trinajstić information content (AvgIpc) is 2.50. The molecule has 0 aromatic heterocycles. The lowest BCUT2D eigenvalue weighted by atomic mass is 10.2. The van der Waals surface area contributed by atoms with Crippen LogP contribution in [0.15, 0.2) is 24.3 Å². The fourth-order valence-corrected chi connectivity index (χ4v) is 3.77. The minimum atomic E-state index is 0.646. The van der Waals surface area contributed by atoms with Crippen LogP contribution >= 0.6 is 11.8 Å². The summed E-state index contributed by atoms with van der Waals surface area (Å²) in [7, 11) is 0. The van der Waals surface area contributed by atoms with Crippen molar-refractivity contribution in [1.82, 2.24) is 10.2 Å². The highest BCUT2D eigenvalue weighted by Gasteiger charge is 2.24. The summed E-state index contributed by atoms with van der Waals surface area (Å²) in [4.78, 5) is 2.55. The zero-order valence-corrected chi connectivity index (χ0v) is 14.3. The van der Waals surface area contributed by atoms with E-state index in [4.69, 9.17) is 4.74 Å². The van der Waals surface area contributed by atoms with Crippen molar-refractivity contribution in [3.8, 4) is 5.75 Å². The maximum Gasteiger partial charge on any atom is 0.119 e. The van der Waals surface area contributed by atoms with E-state index in [1.165, 1.54) is 17.9 Å². The Labute approximate surface area is 133 Å². The summed E-state index contributed by atoms with van der Waals surface area (Å²) < 4.78 is 5.94. The predicted octanol–water partition coefficient (Wildman–Crippen LogP) is 3.00. The van der Waals surface area contributed by atoms with Gasteiger partial charge < -0.3 is 10.1 Å². The Kier molecular flexibility index (Phi) is 6.87. The highest BCUT2D eigenvalue weighted by Crippen LogP contribution is 2.23. The molecule has 4 heteroatoms. The van der Waals surface area contributed by atoms with Crippen molar-refractivity contribution in [3.63, 3.8) is 0 Å². The maximum atomic E-state index is 5.94. The van der Waals surface area contributed by atoms with Gasteiger partial charge >= 0.3 is 0 Å². The number of nitrogens with one attached hydrogen (secondary N) is 1. The van der Waals surface area contributed by atoms with E-state index in [2.05, 4.69) is 60.9 Å². The van der Waals surface area contributed by atoms with Crippen molar-refractivity contribution < 1.29 is 4.74 Å². The number of hydrogen-bond acceptors (Lipinski definition) is 4. The summed E-state index contributed by atoms with van der Waals surface area (Å²) in [6, 6.07) is 9.05. The Morgan fingerprint density at radius 2 is 2.24 bits per heavy atom. The summed E-state index contributed by atoms with van der Waals surface area (Å²) in [5, 5.41) is 4.07. The highest BCUT2D eigenvalue weighted by atomic mass is 32.2. The number of rotatable bonds is 7. The third-order valence-corrected chi connectivity index (χ3v) is 5.48. The normalized spacial score (nSPS) is 23.2. The van der Waals surface area contributed by atoms with Gasteiger partial charge in [0.15, 0.2) is 0 Å². The minimum absolute atomic E-state index is 0.646. The molecule has 1 aliphatic rings. The smallest absolute Gasteiger partial charge is 0.119 e. The first-order valence-corrected chi connectivity index (χ1v) is 9.03. The molecule has 1 aliphatic heterocycles. The average molecular weight is 308 g/mol. The molecule has 118 valence electrons. The Hall–Kier alpha value is -0.710. The van der Waals surface area contributed by atoms with Crippen molar-refractivity contribution in [1.29, 1.82) is 0 Å². The SMILES string of the molecule is CCNCc1cccc(OCCN2CCSC(C)C2C)c1. The van der Waals surface area contributed by atoms with Gasteiger partial charge in [-0.2, -0.15) is 11.8 Å². The van der Waals surface area contributed by atoms with Crippen LogP contribution in [-0.4, -0.2) is 48.2 Å². The molecule has 2 rings (SSSR count). The first-order chi connectivity index (χ1) is 10.2. The van der Waals surface area contributed by atoms with E-state index >= 15 is 0 Å². The van der Waals surface area contributed by atoms with E-state index in [0.29, 0.717) is 6.04 Å². The van der Waals surface area contributed by atoms with Crippen molar-refractivity contribution >= 4 is 11.8 Å². The largest absolute Gasteiger partial charge is 0.492 e. The van der Waals surface area contributed by atoms with Gasteiger partial charge in [0.05, 0.1) is 0 Å². The van der Waals surface area contributed by atoms with Crippen LogP contribution < -0.4 is 10.1 Å². The first-order valence-electron chi connectivity index (χ1n) is 7.98. The van der Waals surface area contributed by atoms with Crippen molar-refractivity contribution in [2.24, 2.45) is 0 Å². The summed E-state index contributed by atoms with van der Waals surface area (Å²) >= 11 is 2.08. The molecule has 2 atom stereocenters. The predicted molar refractivity (Wildman–Crippen MR) is 92.3 cm³/mol. The van der Waals surface area contributed by atoms with E-state index in [9.17, 15) is 0 Å². The van der Waals surface area contributed by atoms with E-state index in [0.717, 1.165) is 37.2 Å². The molecule has 1 N–H and O–H groups in total. The second-order valence-electron chi connectivity index (χ2n) is 5.63. The van der Waals surface area contributed by atoms with Crippen LogP contribution in [-0.2, 0) is 6.54 Å². The van der Waals surface area contributed by atoms with Gasteiger partial charge in [0.1, 0.15) is 12.4 Å². The zero-order chi connectivity index (χ0) is 15.1. The van der Waals surface area contributed by atoms with Gasteiger partial charge in [-0.15, -0.1) is 0 Å². The lowest BCUT2D eigenvalue weighted by Crippen LogP contribution is -2.46. The monoisotopic (exact) mass is 308 g/mol. The van der Waals surface area contributed by atoms with Gasteiger partial charge in [-0.3, -0.25) is 4.90 Å². The molecule has 0 bridgehead atoms. The summed E-state index contributed by atoms with van der Waals surface area (Å²) in [5.41, 5.74) is 1.28. The fourth-order valence-electron chi connectivity index (χ4n) is 2.61. The zero-order valence-electron chi connectivity index (χ0n) is 13.5. The number of nitrogens with zero attached hydrogens (tertiary/aromatic N) is 1. The lowest BCUT2D eigenvalue weighted by Gasteiger charge is -2.37. The van der Waals surface area contributed by atoms with Gasteiger partial charge in [0.2, 0.25) is 0 Å². The first kappa shape index (κ1) is 16.7. The Bertz CT molecular complexity index is 427. The molecular formula is C17H28N2OS. The van der Waals surface area contributed by atoms with Crippen LogP contribution in [0.25, 0.3) is 0 Å². The van der Waals surface area contributed by atoms with Crippen LogP contribution in [0.1, 0.15) is 26.3 Å². The number of hydrogen-bond donors (Lipinski definition) is 1. The second kappa shape index (κ2) is 8.66. The van der Waals surface area contributed by atoms with E-state index in [1.807, 2.05) is 6.07 Å². The molecule has 2 unspecified atom stereocenters. The van der Waals surface area contributed by atoms with Gasteiger partial charge in [0, 0.05) is 36.7 Å².